The second-order valence-electron chi connectivity index (χ2n) is 5.26. The fraction of sp³-hybridized carbons (Fsp3) is 0.188. The van der Waals surface area contributed by atoms with Gasteiger partial charge >= 0.3 is 0 Å². The Labute approximate surface area is 136 Å². The maximum absolute atomic E-state index is 12.0. The smallest absolute Gasteiger partial charge is 0.284 e. The van der Waals surface area contributed by atoms with E-state index in [4.69, 9.17) is 0 Å². The number of nitro groups is 1. The predicted molar refractivity (Wildman–Crippen MR) is 85.8 cm³/mol. The molecule has 0 unspecified atom stereocenters. The van der Waals surface area contributed by atoms with Gasteiger partial charge in [-0.3, -0.25) is 14.9 Å². The normalized spacial score (nSPS) is 13.6. The van der Waals surface area contributed by atoms with Crippen molar-refractivity contribution < 1.29 is 14.8 Å². The fourth-order valence-corrected chi connectivity index (χ4v) is 2.98. The Morgan fingerprint density at radius 1 is 1.22 bits per heavy atom. The minimum atomic E-state index is -0.518. The van der Waals surface area contributed by atoms with Gasteiger partial charge in [0.1, 0.15) is 5.75 Å². The standard InChI is InChI=1S/C16H14N2O4S/c19-13-3-1-2-4-15(13)23-14-8-5-10(9-12(14)18(21)22)16(20)17-11-6-7-11/h1-5,8-9,11,19H,6-7H2,(H,17,20). The van der Waals surface area contributed by atoms with E-state index in [0.717, 1.165) is 24.6 Å². The van der Waals surface area contributed by atoms with Crippen molar-refractivity contribution in [2.45, 2.75) is 28.7 Å². The summed E-state index contributed by atoms with van der Waals surface area (Å²) in [4.78, 5) is 23.7. The molecule has 2 aromatic carbocycles. The lowest BCUT2D eigenvalue weighted by Crippen LogP contribution is -2.25. The number of rotatable bonds is 5. The van der Waals surface area contributed by atoms with Crippen LogP contribution in [0.25, 0.3) is 0 Å². The maximum Gasteiger partial charge on any atom is 0.284 e. The fourth-order valence-electron chi connectivity index (χ4n) is 2.05. The minimum absolute atomic E-state index is 0.0577. The molecule has 1 saturated carbocycles. The first-order chi connectivity index (χ1) is 11.0. The molecule has 0 aliphatic heterocycles. The quantitative estimate of drug-likeness (QED) is 0.648. The zero-order valence-corrected chi connectivity index (χ0v) is 12.9. The molecule has 0 spiro atoms. The minimum Gasteiger partial charge on any atom is -0.507 e. The lowest BCUT2D eigenvalue weighted by Gasteiger charge is -2.07. The first kappa shape index (κ1) is 15.4. The molecule has 6 nitrogen and oxygen atoms in total. The van der Waals surface area contributed by atoms with Gasteiger partial charge < -0.3 is 10.4 Å². The third-order valence-corrected chi connectivity index (χ3v) is 4.55. The highest BCUT2D eigenvalue weighted by atomic mass is 32.2. The van der Waals surface area contributed by atoms with Crippen molar-refractivity contribution in [1.29, 1.82) is 0 Å². The van der Waals surface area contributed by atoms with Crippen molar-refractivity contribution in [3.63, 3.8) is 0 Å². The maximum atomic E-state index is 12.0. The number of carbonyl (C=O) groups is 1. The number of para-hydroxylation sites is 1. The molecule has 0 atom stereocenters. The van der Waals surface area contributed by atoms with Crippen LogP contribution in [0.15, 0.2) is 52.3 Å². The van der Waals surface area contributed by atoms with Crippen molar-refractivity contribution in [2.75, 3.05) is 0 Å². The van der Waals surface area contributed by atoms with Crippen LogP contribution in [-0.4, -0.2) is 22.0 Å². The van der Waals surface area contributed by atoms with Crippen molar-refractivity contribution in [3.8, 4) is 5.75 Å². The molecular weight excluding hydrogens is 316 g/mol. The molecule has 118 valence electrons. The summed E-state index contributed by atoms with van der Waals surface area (Å²) in [6.45, 7) is 0. The predicted octanol–water partition coefficient (Wildman–Crippen LogP) is 3.34. The zero-order chi connectivity index (χ0) is 16.4. The molecule has 0 bridgehead atoms. The van der Waals surface area contributed by atoms with Gasteiger partial charge in [-0.05, 0) is 37.1 Å². The van der Waals surface area contributed by atoms with E-state index in [0.29, 0.717) is 9.79 Å². The first-order valence-corrected chi connectivity index (χ1v) is 7.91. The van der Waals surface area contributed by atoms with E-state index >= 15 is 0 Å². The van der Waals surface area contributed by atoms with Crippen molar-refractivity contribution >= 4 is 23.4 Å². The van der Waals surface area contributed by atoms with Gasteiger partial charge in [0.05, 0.1) is 14.7 Å². The summed E-state index contributed by atoms with van der Waals surface area (Å²) in [5.74, 6) is -0.239. The van der Waals surface area contributed by atoms with Gasteiger partial charge in [-0.2, -0.15) is 0 Å². The second kappa shape index (κ2) is 6.29. The molecule has 1 amide bonds. The largest absolute Gasteiger partial charge is 0.507 e. The number of aromatic hydroxyl groups is 1. The number of nitro benzene ring substituents is 1. The lowest BCUT2D eigenvalue weighted by atomic mass is 10.2. The van der Waals surface area contributed by atoms with Crippen LogP contribution in [0.3, 0.4) is 0 Å². The summed E-state index contributed by atoms with van der Waals surface area (Å²) in [5.41, 5.74) is 0.118. The van der Waals surface area contributed by atoms with E-state index in [9.17, 15) is 20.0 Å². The monoisotopic (exact) mass is 330 g/mol. The summed E-state index contributed by atoms with van der Waals surface area (Å²) >= 11 is 1.09. The number of nitrogens with zero attached hydrogens (tertiary/aromatic N) is 1. The third kappa shape index (κ3) is 3.62. The van der Waals surface area contributed by atoms with E-state index in [2.05, 4.69) is 5.32 Å². The number of nitrogens with one attached hydrogen (secondary N) is 1. The Bertz CT molecular complexity index is 774. The van der Waals surface area contributed by atoms with Crippen molar-refractivity contribution in [1.82, 2.24) is 5.32 Å². The average Bonchev–Trinajstić information content (AvgIpc) is 3.33. The lowest BCUT2D eigenvalue weighted by molar-refractivity contribution is -0.387. The Kier molecular flexibility index (Phi) is 4.20. The van der Waals surface area contributed by atoms with E-state index in [1.165, 1.54) is 18.2 Å². The molecule has 0 radical (unpaired) electrons. The van der Waals surface area contributed by atoms with Crippen LogP contribution in [0.5, 0.6) is 5.75 Å². The Morgan fingerprint density at radius 3 is 2.61 bits per heavy atom. The van der Waals surface area contributed by atoms with Crippen LogP contribution >= 0.6 is 11.8 Å². The Morgan fingerprint density at radius 2 is 1.96 bits per heavy atom. The van der Waals surface area contributed by atoms with Gasteiger partial charge in [0.15, 0.2) is 0 Å². The molecule has 2 N–H and O–H groups in total. The molecule has 0 heterocycles. The van der Waals surface area contributed by atoms with Crippen molar-refractivity contribution in [2.24, 2.45) is 0 Å². The molecule has 0 aromatic heterocycles. The van der Waals surface area contributed by atoms with Crippen LogP contribution in [0.2, 0.25) is 0 Å². The number of hydrogen-bond acceptors (Lipinski definition) is 5. The van der Waals surface area contributed by atoms with Crippen molar-refractivity contribution in [3.05, 3.63) is 58.1 Å². The van der Waals surface area contributed by atoms with E-state index in [1.807, 2.05) is 0 Å². The summed E-state index contributed by atoms with van der Waals surface area (Å²) in [6.07, 6.45) is 1.91. The third-order valence-electron chi connectivity index (χ3n) is 3.42. The molecule has 7 heteroatoms. The second-order valence-corrected chi connectivity index (χ2v) is 6.34. The molecule has 0 saturated heterocycles. The van der Waals surface area contributed by atoms with E-state index in [-0.39, 0.29) is 28.9 Å². The molecule has 2 aromatic rings. The highest BCUT2D eigenvalue weighted by molar-refractivity contribution is 7.99. The first-order valence-electron chi connectivity index (χ1n) is 7.10. The Hall–Kier alpha value is -2.54. The summed E-state index contributed by atoms with van der Waals surface area (Å²) in [6, 6.07) is 11.2. The van der Waals surface area contributed by atoms with Crippen LogP contribution in [0.4, 0.5) is 5.69 Å². The van der Waals surface area contributed by atoms with Gasteiger partial charge in [-0.1, -0.05) is 23.9 Å². The summed E-state index contributed by atoms with van der Waals surface area (Å²) < 4.78 is 0. The van der Waals surface area contributed by atoms with E-state index < -0.39 is 4.92 Å². The number of phenols is 1. The molecule has 1 aliphatic carbocycles. The van der Waals surface area contributed by atoms with Gasteiger partial charge in [0.2, 0.25) is 0 Å². The molecular formula is C16H14N2O4S. The number of hydrogen-bond donors (Lipinski definition) is 2. The SMILES string of the molecule is O=C(NC1CC1)c1ccc(Sc2ccccc2O)c([N+](=O)[O-])c1. The number of amides is 1. The van der Waals surface area contributed by atoms with Gasteiger partial charge in [-0.15, -0.1) is 0 Å². The van der Waals surface area contributed by atoms with Crippen LogP contribution in [-0.2, 0) is 0 Å². The van der Waals surface area contributed by atoms with Gasteiger partial charge in [0.25, 0.3) is 11.6 Å². The molecule has 1 aliphatic rings. The highest BCUT2D eigenvalue weighted by Gasteiger charge is 2.25. The van der Waals surface area contributed by atoms with Crippen LogP contribution in [0, 0.1) is 10.1 Å². The topological polar surface area (TPSA) is 92.5 Å². The van der Waals surface area contributed by atoms with Crippen LogP contribution in [0.1, 0.15) is 23.2 Å². The van der Waals surface area contributed by atoms with Gasteiger partial charge in [0, 0.05) is 17.7 Å². The van der Waals surface area contributed by atoms with E-state index in [1.54, 1.807) is 24.3 Å². The Balaban J connectivity index is 1.89. The van der Waals surface area contributed by atoms with Crippen LogP contribution < -0.4 is 5.32 Å². The molecule has 23 heavy (non-hydrogen) atoms. The summed E-state index contributed by atoms with van der Waals surface area (Å²) in [7, 11) is 0. The number of benzene rings is 2. The highest BCUT2D eigenvalue weighted by Crippen LogP contribution is 2.39. The molecule has 3 rings (SSSR count). The average molecular weight is 330 g/mol. The van der Waals surface area contributed by atoms with Gasteiger partial charge in [-0.25, -0.2) is 0 Å². The number of phenolic OH excluding ortho intramolecular Hbond substituents is 1. The number of carbonyl (C=O) groups excluding carboxylic acids is 1. The zero-order valence-electron chi connectivity index (χ0n) is 12.1. The summed E-state index contributed by atoms with van der Waals surface area (Å²) in [5, 5.41) is 23.9. The molecule has 1 fully saturated rings.